The molecule has 0 saturated heterocycles. The van der Waals surface area contributed by atoms with Gasteiger partial charge in [0.15, 0.2) is 0 Å². The van der Waals surface area contributed by atoms with Crippen molar-refractivity contribution in [1.29, 1.82) is 0 Å². The number of halogens is 3. The Bertz CT molecular complexity index is 604. The number of rotatable bonds is 2. The van der Waals surface area contributed by atoms with Crippen LogP contribution in [0.4, 0.5) is 13.2 Å². The predicted molar refractivity (Wildman–Crippen MR) is 64.8 cm³/mol. The fourth-order valence-corrected chi connectivity index (χ4v) is 1.94. The Morgan fingerprint density at radius 1 is 1.45 bits per heavy atom. The molecule has 0 spiro atoms. The van der Waals surface area contributed by atoms with E-state index in [1.165, 1.54) is 0 Å². The third kappa shape index (κ3) is 2.06. The number of carbonyl (C=O) groups is 1. The topological polar surface area (TPSA) is 90.7 Å². The first-order valence-electron chi connectivity index (χ1n) is 5.64. The quantitative estimate of drug-likeness (QED) is 0.854. The normalized spacial score (nSPS) is 24.7. The summed E-state index contributed by atoms with van der Waals surface area (Å²) in [5.41, 5.74) is 7.38. The fourth-order valence-electron chi connectivity index (χ4n) is 1.94. The van der Waals surface area contributed by atoms with Crippen LogP contribution in [0.2, 0.25) is 0 Å². The zero-order valence-electron chi connectivity index (χ0n) is 10.5. The van der Waals surface area contributed by atoms with Crippen molar-refractivity contribution in [3.8, 4) is 0 Å². The molecule has 1 aromatic rings. The third-order valence-electron chi connectivity index (χ3n) is 3.20. The van der Waals surface area contributed by atoms with Crippen molar-refractivity contribution in [3.05, 3.63) is 35.1 Å². The van der Waals surface area contributed by atoms with Gasteiger partial charge in [0, 0.05) is 11.1 Å². The Hall–Kier alpha value is -2.25. The SMILES string of the molecule is C[C@]1(c2cc(C(N)=O)ccc2F)OC(N)=NCC1(F)F. The van der Waals surface area contributed by atoms with Crippen LogP contribution in [0.5, 0.6) is 0 Å². The maximum Gasteiger partial charge on any atom is 0.310 e. The fraction of sp³-hybridized carbons (Fsp3) is 0.333. The van der Waals surface area contributed by atoms with Crippen LogP contribution < -0.4 is 11.5 Å². The molecule has 0 fully saturated rings. The third-order valence-corrected chi connectivity index (χ3v) is 3.20. The summed E-state index contributed by atoms with van der Waals surface area (Å²) < 4.78 is 46.9. The minimum Gasteiger partial charge on any atom is -0.448 e. The number of carbonyl (C=O) groups excluding carboxylic acids is 1. The molecule has 1 aromatic carbocycles. The first kappa shape index (κ1) is 14.2. The van der Waals surface area contributed by atoms with Gasteiger partial charge in [-0.25, -0.2) is 9.38 Å². The molecule has 4 N–H and O–H groups in total. The van der Waals surface area contributed by atoms with E-state index in [4.69, 9.17) is 16.2 Å². The first-order chi connectivity index (χ1) is 9.17. The smallest absolute Gasteiger partial charge is 0.310 e. The zero-order valence-corrected chi connectivity index (χ0v) is 10.5. The van der Waals surface area contributed by atoms with Crippen LogP contribution >= 0.6 is 0 Å². The number of primary amides is 1. The average molecular weight is 287 g/mol. The lowest BCUT2D eigenvalue weighted by atomic mass is 9.86. The number of alkyl halides is 2. The van der Waals surface area contributed by atoms with Gasteiger partial charge in [-0.15, -0.1) is 0 Å². The van der Waals surface area contributed by atoms with E-state index in [0.717, 1.165) is 25.1 Å². The van der Waals surface area contributed by atoms with Crippen molar-refractivity contribution < 1.29 is 22.7 Å². The minimum absolute atomic E-state index is 0.108. The van der Waals surface area contributed by atoms with E-state index < -0.39 is 41.4 Å². The highest BCUT2D eigenvalue weighted by molar-refractivity contribution is 5.93. The van der Waals surface area contributed by atoms with Crippen LogP contribution in [-0.4, -0.2) is 24.4 Å². The van der Waals surface area contributed by atoms with Gasteiger partial charge >= 0.3 is 5.92 Å². The van der Waals surface area contributed by atoms with Crippen molar-refractivity contribution in [2.24, 2.45) is 16.5 Å². The molecule has 1 aliphatic heterocycles. The lowest BCUT2D eigenvalue weighted by Crippen LogP contribution is -2.53. The Morgan fingerprint density at radius 3 is 2.70 bits per heavy atom. The summed E-state index contributed by atoms with van der Waals surface area (Å²) in [7, 11) is 0. The number of benzene rings is 1. The molecule has 20 heavy (non-hydrogen) atoms. The number of hydrogen-bond acceptors (Lipinski definition) is 4. The van der Waals surface area contributed by atoms with Crippen LogP contribution in [0.1, 0.15) is 22.8 Å². The van der Waals surface area contributed by atoms with Crippen molar-refractivity contribution in [1.82, 2.24) is 0 Å². The van der Waals surface area contributed by atoms with Crippen LogP contribution in [0.15, 0.2) is 23.2 Å². The van der Waals surface area contributed by atoms with Crippen LogP contribution in [0.25, 0.3) is 0 Å². The second-order valence-corrected chi connectivity index (χ2v) is 4.55. The lowest BCUT2D eigenvalue weighted by Gasteiger charge is -2.39. The van der Waals surface area contributed by atoms with E-state index in [1.54, 1.807) is 0 Å². The standard InChI is InChI=1S/C12H12F3N3O2/c1-11(12(14,15)5-18-10(17)20-11)7-4-6(9(16)19)2-3-8(7)13/h2-4H,5H2,1H3,(H2,16,19)(H2,17,18)/t11-/m1/s1. The molecular formula is C12H12F3N3O2. The van der Waals surface area contributed by atoms with Crippen molar-refractivity contribution in [3.63, 3.8) is 0 Å². The molecule has 1 atom stereocenters. The van der Waals surface area contributed by atoms with Crippen molar-refractivity contribution in [2.45, 2.75) is 18.4 Å². The summed E-state index contributed by atoms with van der Waals surface area (Å²) in [6.07, 6.45) is 0. The lowest BCUT2D eigenvalue weighted by molar-refractivity contribution is -0.173. The van der Waals surface area contributed by atoms with E-state index >= 15 is 0 Å². The second kappa shape index (κ2) is 4.39. The van der Waals surface area contributed by atoms with Crippen LogP contribution in [0, 0.1) is 5.82 Å². The molecule has 0 unspecified atom stereocenters. The Labute approximate surface area is 112 Å². The molecule has 8 heteroatoms. The van der Waals surface area contributed by atoms with E-state index in [9.17, 15) is 18.0 Å². The second-order valence-electron chi connectivity index (χ2n) is 4.55. The first-order valence-corrected chi connectivity index (χ1v) is 5.64. The Morgan fingerprint density at radius 2 is 2.10 bits per heavy atom. The summed E-state index contributed by atoms with van der Waals surface area (Å²) in [5, 5.41) is 0. The average Bonchev–Trinajstić information content (AvgIpc) is 2.35. The minimum atomic E-state index is -3.49. The molecule has 0 aromatic heterocycles. The summed E-state index contributed by atoms with van der Waals surface area (Å²) in [4.78, 5) is 14.4. The number of nitrogens with two attached hydrogens (primary N) is 2. The summed E-state index contributed by atoms with van der Waals surface area (Å²) in [6.45, 7) is 0.0489. The molecule has 1 heterocycles. The van der Waals surface area contributed by atoms with Gasteiger partial charge in [0.2, 0.25) is 11.5 Å². The van der Waals surface area contributed by atoms with E-state index in [1.807, 2.05) is 0 Å². The predicted octanol–water partition coefficient (Wildman–Crippen LogP) is 1.12. The molecule has 0 bridgehead atoms. The Kier molecular flexibility index (Phi) is 3.11. The highest BCUT2D eigenvalue weighted by atomic mass is 19.3. The molecule has 0 saturated carbocycles. The summed E-state index contributed by atoms with van der Waals surface area (Å²) >= 11 is 0. The number of ether oxygens (including phenoxy) is 1. The molecule has 0 aliphatic carbocycles. The number of amidine groups is 1. The van der Waals surface area contributed by atoms with Gasteiger partial charge in [0.25, 0.3) is 6.02 Å². The zero-order chi connectivity index (χ0) is 15.1. The van der Waals surface area contributed by atoms with Gasteiger partial charge in [-0.1, -0.05) is 0 Å². The van der Waals surface area contributed by atoms with Crippen LogP contribution in [-0.2, 0) is 10.3 Å². The van der Waals surface area contributed by atoms with Gasteiger partial charge < -0.3 is 16.2 Å². The largest absolute Gasteiger partial charge is 0.448 e. The van der Waals surface area contributed by atoms with Crippen molar-refractivity contribution in [2.75, 3.05) is 6.54 Å². The molecular weight excluding hydrogens is 275 g/mol. The van der Waals surface area contributed by atoms with Crippen molar-refractivity contribution >= 4 is 11.9 Å². The number of hydrogen-bond donors (Lipinski definition) is 2. The maximum atomic E-state index is 14.1. The molecule has 2 rings (SSSR count). The maximum absolute atomic E-state index is 14.1. The molecule has 1 aliphatic rings. The summed E-state index contributed by atoms with van der Waals surface area (Å²) in [6, 6.07) is 2.44. The Balaban J connectivity index is 2.61. The highest BCUT2D eigenvalue weighted by Crippen LogP contribution is 2.44. The highest BCUT2D eigenvalue weighted by Gasteiger charge is 2.57. The monoisotopic (exact) mass is 287 g/mol. The van der Waals surface area contributed by atoms with Gasteiger partial charge in [-0.2, -0.15) is 8.78 Å². The number of amides is 1. The van der Waals surface area contributed by atoms with E-state index in [-0.39, 0.29) is 5.56 Å². The van der Waals surface area contributed by atoms with Gasteiger partial charge in [0.1, 0.15) is 12.4 Å². The van der Waals surface area contributed by atoms with Gasteiger partial charge in [-0.3, -0.25) is 4.79 Å². The molecule has 1 amide bonds. The molecule has 5 nitrogen and oxygen atoms in total. The summed E-state index contributed by atoms with van der Waals surface area (Å²) in [5.74, 6) is -5.31. The molecule has 108 valence electrons. The van der Waals surface area contributed by atoms with Gasteiger partial charge in [0.05, 0.1) is 0 Å². The van der Waals surface area contributed by atoms with E-state index in [2.05, 4.69) is 4.99 Å². The van der Waals surface area contributed by atoms with Crippen LogP contribution in [0.3, 0.4) is 0 Å². The van der Waals surface area contributed by atoms with Gasteiger partial charge in [-0.05, 0) is 25.1 Å². The number of aliphatic imine (C=N–C) groups is 1. The molecule has 0 radical (unpaired) electrons. The van der Waals surface area contributed by atoms with E-state index in [0.29, 0.717) is 0 Å². The number of nitrogens with zero attached hydrogens (tertiary/aromatic N) is 1.